The predicted molar refractivity (Wildman–Crippen MR) is 72.4 cm³/mol. The largest absolute Gasteiger partial charge is 0.481 e. The Morgan fingerprint density at radius 3 is 2.16 bits per heavy atom. The lowest BCUT2D eigenvalue weighted by molar-refractivity contribution is -0.138. The van der Waals surface area contributed by atoms with Crippen molar-refractivity contribution in [1.29, 1.82) is 0 Å². The maximum absolute atomic E-state index is 11.0. The van der Waals surface area contributed by atoms with Gasteiger partial charge in [-0.25, -0.2) is 0 Å². The van der Waals surface area contributed by atoms with Gasteiger partial charge in [0.2, 0.25) is 0 Å². The van der Waals surface area contributed by atoms with Gasteiger partial charge in [0.05, 0.1) is 5.92 Å². The number of hydrogen-bond acceptors (Lipinski definition) is 3. The van der Waals surface area contributed by atoms with Gasteiger partial charge in [-0.05, 0) is 29.8 Å². The Balaban J connectivity index is 2.12. The maximum Gasteiger partial charge on any atom is 0.312 e. The smallest absolute Gasteiger partial charge is 0.312 e. The number of aliphatic carboxylic acids is 1. The van der Waals surface area contributed by atoms with Gasteiger partial charge in [-0.2, -0.15) is 0 Å². The van der Waals surface area contributed by atoms with Crippen molar-refractivity contribution >= 4 is 5.97 Å². The molecule has 0 aliphatic rings. The summed E-state index contributed by atoms with van der Waals surface area (Å²) in [5, 5.41) is 9.02. The second kappa shape index (κ2) is 6.02. The number of carbonyl (C=O) groups is 1. The van der Waals surface area contributed by atoms with Crippen LogP contribution in [-0.4, -0.2) is 17.6 Å². The number of para-hydroxylation sites is 1. The van der Waals surface area contributed by atoms with Gasteiger partial charge in [0.15, 0.2) is 0 Å². The zero-order chi connectivity index (χ0) is 13.7. The van der Waals surface area contributed by atoms with Crippen LogP contribution in [0.4, 0.5) is 0 Å². The molecule has 98 valence electrons. The summed E-state index contributed by atoms with van der Waals surface area (Å²) in [6.07, 6.45) is 0. The minimum Gasteiger partial charge on any atom is -0.481 e. The number of nitrogens with two attached hydrogens (primary N) is 1. The average molecular weight is 257 g/mol. The van der Waals surface area contributed by atoms with Crippen LogP contribution < -0.4 is 10.5 Å². The summed E-state index contributed by atoms with van der Waals surface area (Å²) in [6.45, 7) is 0.0776. The Morgan fingerprint density at radius 2 is 1.63 bits per heavy atom. The van der Waals surface area contributed by atoms with E-state index in [4.69, 9.17) is 15.6 Å². The average Bonchev–Trinajstić information content (AvgIpc) is 2.42. The minimum atomic E-state index is -0.917. The molecule has 0 radical (unpaired) electrons. The van der Waals surface area contributed by atoms with Gasteiger partial charge in [-0.1, -0.05) is 30.3 Å². The zero-order valence-corrected chi connectivity index (χ0v) is 10.3. The summed E-state index contributed by atoms with van der Waals surface area (Å²) < 4.78 is 5.63. The van der Waals surface area contributed by atoms with Crippen molar-refractivity contribution in [3.8, 4) is 11.5 Å². The van der Waals surface area contributed by atoms with Crippen molar-refractivity contribution in [2.75, 3.05) is 6.54 Å². The van der Waals surface area contributed by atoms with Gasteiger partial charge in [-0.3, -0.25) is 4.79 Å². The quantitative estimate of drug-likeness (QED) is 0.863. The molecule has 0 saturated heterocycles. The van der Waals surface area contributed by atoms with E-state index in [1.807, 2.05) is 30.3 Å². The van der Waals surface area contributed by atoms with E-state index >= 15 is 0 Å². The van der Waals surface area contributed by atoms with Gasteiger partial charge >= 0.3 is 5.97 Å². The van der Waals surface area contributed by atoms with Crippen molar-refractivity contribution < 1.29 is 14.6 Å². The summed E-state index contributed by atoms with van der Waals surface area (Å²) in [6, 6.07) is 16.3. The highest BCUT2D eigenvalue weighted by molar-refractivity contribution is 5.76. The first-order valence-electron chi connectivity index (χ1n) is 5.96. The SMILES string of the molecule is NCC(C(=O)O)c1ccc(Oc2ccccc2)cc1. The van der Waals surface area contributed by atoms with Gasteiger partial charge in [0.1, 0.15) is 11.5 Å². The van der Waals surface area contributed by atoms with Crippen LogP contribution in [0, 0.1) is 0 Å². The molecule has 1 unspecified atom stereocenters. The Morgan fingerprint density at radius 1 is 1.05 bits per heavy atom. The molecule has 4 heteroatoms. The number of carboxylic acid groups (broad SMARTS) is 1. The van der Waals surface area contributed by atoms with E-state index in [-0.39, 0.29) is 6.54 Å². The highest BCUT2D eigenvalue weighted by atomic mass is 16.5. The number of rotatable bonds is 5. The molecule has 0 amide bonds. The van der Waals surface area contributed by atoms with E-state index < -0.39 is 11.9 Å². The first-order valence-corrected chi connectivity index (χ1v) is 5.96. The topological polar surface area (TPSA) is 72.6 Å². The monoisotopic (exact) mass is 257 g/mol. The Kier molecular flexibility index (Phi) is 4.15. The van der Waals surface area contributed by atoms with Crippen molar-refractivity contribution in [2.45, 2.75) is 5.92 Å². The van der Waals surface area contributed by atoms with E-state index in [1.165, 1.54) is 0 Å². The summed E-state index contributed by atoms with van der Waals surface area (Å²) >= 11 is 0. The van der Waals surface area contributed by atoms with Crippen LogP contribution in [-0.2, 0) is 4.79 Å². The Labute approximate surface area is 111 Å². The molecule has 0 aromatic heterocycles. The summed E-state index contributed by atoms with van der Waals surface area (Å²) in [5.41, 5.74) is 6.13. The molecule has 4 nitrogen and oxygen atoms in total. The molecule has 0 aliphatic carbocycles. The fraction of sp³-hybridized carbons (Fsp3) is 0.133. The van der Waals surface area contributed by atoms with Crippen LogP contribution in [0.3, 0.4) is 0 Å². The van der Waals surface area contributed by atoms with Crippen LogP contribution in [0.2, 0.25) is 0 Å². The molecule has 2 rings (SSSR count). The van der Waals surface area contributed by atoms with Gasteiger partial charge in [0, 0.05) is 6.54 Å². The van der Waals surface area contributed by atoms with Crippen molar-refractivity contribution in [1.82, 2.24) is 0 Å². The molecular formula is C15H15NO3. The molecule has 2 aromatic carbocycles. The third-order valence-corrected chi connectivity index (χ3v) is 2.80. The number of ether oxygens (including phenoxy) is 1. The van der Waals surface area contributed by atoms with Crippen LogP contribution in [0.25, 0.3) is 0 Å². The second-order valence-corrected chi connectivity index (χ2v) is 4.11. The third kappa shape index (κ3) is 3.33. The second-order valence-electron chi connectivity index (χ2n) is 4.11. The molecule has 0 bridgehead atoms. The highest BCUT2D eigenvalue weighted by Crippen LogP contribution is 2.23. The van der Waals surface area contributed by atoms with E-state index in [2.05, 4.69) is 0 Å². The van der Waals surface area contributed by atoms with Crippen molar-refractivity contribution in [3.63, 3.8) is 0 Å². The molecular weight excluding hydrogens is 242 g/mol. The standard InChI is InChI=1S/C15H15NO3/c16-10-14(15(17)18)11-6-8-13(9-7-11)19-12-4-2-1-3-5-12/h1-9,14H,10,16H2,(H,17,18). The highest BCUT2D eigenvalue weighted by Gasteiger charge is 2.17. The van der Waals surface area contributed by atoms with Crippen LogP contribution in [0.1, 0.15) is 11.5 Å². The minimum absolute atomic E-state index is 0.0776. The molecule has 0 saturated carbocycles. The van der Waals surface area contributed by atoms with Crippen molar-refractivity contribution in [3.05, 3.63) is 60.2 Å². The molecule has 0 spiro atoms. The normalized spacial score (nSPS) is 11.8. The fourth-order valence-electron chi connectivity index (χ4n) is 1.77. The van der Waals surface area contributed by atoms with E-state index in [9.17, 15) is 4.79 Å². The summed E-state index contributed by atoms with van der Waals surface area (Å²) in [4.78, 5) is 11.0. The lowest BCUT2D eigenvalue weighted by atomic mass is 9.99. The van der Waals surface area contributed by atoms with Crippen LogP contribution in [0.5, 0.6) is 11.5 Å². The Bertz CT molecular complexity index is 537. The molecule has 1 atom stereocenters. The molecule has 19 heavy (non-hydrogen) atoms. The van der Waals surface area contributed by atoms with Crippen molar-refractivity contribution in [2.24, 2.45) is 5.73 Å². The number of benzene rings is 2. The number of hydrogen-bond donors (Lipinski definition) is 2. The van der Waals surface area contributed by atoms with Gasteiger partial charge in [0.25, 0.3) is 0 Å². The first-order chi connectivity index (χ1) is 9.20. The van der Waals surface area contributed by atoms with Crippen LogP contribution >= 0.6 is 0 Å². The maximum atomic E-state index is 11.0. The summed E-state index contributed by atoms with van der Waals surface area (Å²) in [7, 11) is 0. The third-order valence-electron chi connectivity index (χ3n) is 2.80. The molecule has 3 N–H and O–H groups in total. The van der Waals surface area contributed by atoms with E-state index in [0.29, 0.717) is 11.3 Å². The first kappa shape index (κ1) is 13.1. The van der Waals surface area contributed by atoms with E-state index in [0.717, 1.165) is 5.75 Å². The lowest BCUT2D eigenvalue weighted by Gasteiger charge is -2.11. The molecule has 0 fully saturated rings. The molecule has 0 aliphatic heterocycles. The van der Waals surface area contributed by atoms with Gasteiger partial charge in [-0.15, -0.1) is 0 Å². The van der Waals surface area contributed by atoms with E-state index in [1.54, 1.807) is 24.3 Å². The number of carboxylic acids is 1. The lowest BCUT2D eigenvalue weighted by Crippen LogP contribution is -2.20. The summed E-state index contributed by atoms with van der Waals surface area (Å²) in [5.74, 6) is -0.190. The fourth-order valence-corrected chi connectivity index (χ4v) is 1.77. The zero-order valence-electron chi connectivity index (χ0n) is 10.3. The Hall–Kier alpha value is -2.33. The predicted octanol–water partition coefficient (Wildman–Crippen LogP) is 2.61. The van der Waals surface area contributed by atoms with Crippen LogP contribution in [0.15, 0.2) is 54.6 Å². The molecule has 2 aromatic rings. The van der Waals surface area contributed by atoms with Gasteiger partial charge < -0.3 is 15.6 Å². The molecule has 0 heterocycles.